The van der Waals surface area contributed by atoms with Gasteiger partial charge in [0.25, 0.3) is 0 Å². The number of fused-ring (bicyclic) bond motifs is 2. The second-order valence-electron chi connectivity index (χ2n) is 10.6. The molecule has 190 valence electrons. The van der Waals surface area contributed by atoms with Crippen molar-refractivity contribution >= 4 is 15.7 Å². The predicted octanol–water partition coefficient (Wildman–Crippen LogP) is 4.56. The maximum absolute atomic E-state index is 15.4. The first-order valence-electron chi connectivity index (χ1n) is 12.8. The summed E-state index contributed by atoms with van der Waals surface area (Å²) in [6.07, 6.45) is 7.24. The molecule has 3 heterocycles. The van der Waals surface area contributed by atoms with Crippen LogP contribution in [0.5, 0.6) is 0 Å². The van der Waals surface area contributed by atoms with E-state index in [1.165, 1.54) is 4.31 Å². The van der Waals surface area contributed by atoms with E-state index >= 15 is 4.39 Å². The molecule has 7 nitrogen and oxygen atoms in total. The number of piperidine rings is 1. The predicted molar refractivity (Wildman–Crippen MR) is 136 cm³/mol. The molecule has 9 heteroatoms. The molecular weight excluding hydrogens is 477 g/mol. The number of hydrogen-bond donors (Lipinski definition) is 0. The van der Waals surface area contributed by atoms with E-state index in [0.717, 1.165) is 43.6 Å². The van der Waals surface area contributed by atoms with Gasteiger partial charge in [-0.2, -0.15) is 4.31 Å². The Bertz CT molecular complexity index is 1300. The van der Waals surface area contributed by atoms with Gasteiger partial charge in [0.15, 0.2) is 0 Å². The molecule has 2 saturated heterocycles. The SMILES string of the molecule is C[C@H]1CC[C@@H](c2ccccc2)S(=O)(=O)N1Cc1ccc(N2C[C@H]3CC[C@@H](C2)C3n2cnnc2)cc1F. The number of benzene rings is 2. The van der Waals surface area contributed by atoms with Crippen LogP contribution in [0.25, 0.3) is 0 Å². The summed E-state index contributed by atoms with van der Waals surface area (Å²) >= 11 is 0. The van der Waals surface area contributed by atoms with E-state index in [2.05, 4.69) is 19.7 Å². The van der Waals surface area contributed by atoms with Crippen LogP contribution in [0.1, 0.15) is 55.0 Å². The monoisotopic (exact) mass is 509 g/mol. The zero-order valence-electron chi connectivity index (χ0n) is 20.4. The number of nitrogens with zero attached hydrogens (tertiary/aromatic N) is 5. The highest BCUT2D eigenvalue weighted by Gasteiger charge is 2.43. The molecule has 1 aromatic heterocycles. The van der Waals surface area contributed by atoms with E-state index in [1.54, 1.807) is 24.8 Å². The van der Waals surface area contributed by atoms with Gasteiger partial charge in [0.2, 0.25) is 10.0 Å². The largest absolute Gasteiger partial charge is 0.371 e. The minimum Gasteiger partial charge on any atom is -0.371 e. The van der Waals surface area contributed by atoms with Crippen LogP contribution < -0.4 is 4.90 Å². The van der Waals surface area contributed by atoms with Crippen LogP contribution in [0.2, 0.25) is 0 Å². The molecule has 1 saturated carbocycles. The first-order valence-corrected chi connectivity index (χ1v) is 14.3. The summed E-state index contributed by atoms with van der Waals surface area (Å²) in [5.41, 5.74) is 2.09. The lowest BCUT2D eigenvalue weighted by Gasteiger charge is -2.40. The third-order valence-electron chi connectivity index (χ3n) is 8.49. The fourth-order valence-corrected chi connectivity index (χ4v) is 8.82. The maximum Gasteiger partial charge on any atom is 0.221 e. The first kappa shape index (κ1) is 23.6. The highest BCUT2D eigenvalue weighted by atomic mass is 32.2. The molecule has 2 aromatic carbocycles. The Hall–Kier alpha value is -2.78. The average Bonchev–Trinajstić information content (AvgIpc) is 3.48. The molecule has 1 aliphatic carbocycles. The van der Waals surface area contributed by atoms with Crippen LogP contribution in [0.4, 0.5) is 10.1 Å². The van der Waals surface area contributed by atoms with E-state index in [9.17, 15) is 8.42 Å². The summed E-state index contributed by atoms with van der Waals surface area (Å²) in [5, 5.41) is 7.38. The van der Waals surface area contributed by atoms with Gasteiger partial charge in [-0.15, -0.1) is 10.2 Å². The number of halogens is 1. The van der Waals surface area contributed by atoms with Gasteiger partial charge in [0.1, 0.15) is 23.7 Å². The van der Waals surface area contributed by atoms with E-state index in [4.69, 9.17) is 0 Å². The summed E-state index contributed by atoms with van der Waals surface area (Å²) in [7, 11) is -3.60. The molecule has 0 N–H and O–H groups in total. The lowest BCUT2D eigenvalue weighted by molar-refractivity contribution is 0.270. The summed E-state index contributed by atoms with van der Waals surface area (Å²) in [4.78, 5) is 2.28. The number of sulfonamides is 1. The Morgan fingerprint density at radius 2 is 1.64 bits per heavy atom. The van der Waals surface area contributed by atoms with E-state index in [-0.39, 0.29) is 18.4 Å². The second kappa shape index (κ2) is 9.27. The van der Waals surface area contributed by atoms with E-state index in [0.29, 0.717) is 29.9 Å². The summed E-state index contributed by atoms with van der Waals surface area (Å²) in [5.74, 6) is 0.624. The van der Waals surface area contributed by atoms with Crippen LogP contribution in [0.15, 0.2) is 61.2 Å². The van der Waals surface area contributed by atoms with Crippen molar-refractivity contribution < 1.29 is 12.8 Å². The zero-order valence-corrected chi connectivity index (χ0v) is 21.3. The van der Waals surface area contributed by atoms with Crippen molar-refractivity contribution in [1.82, 2.24) is 19.1 Å². The van der Waals surface area contributed by atoms with E-state index < -0.39 is 15.3 Å². The van der Waals surface area contributed by atoms with Gasteiger partial charge >= 0.3 is 0 Å². The quantitative estimate of drug-likeness (QED) is 0.504. The maximum atomic E-state index is 15.4. The minimum atomic E-state index is -3.60. The van der Waals surface area contributed by atoms with Crippen molar-refractivity contribution in [3.63, 3.8) is 0 Å². The Morgan fingerprint density at radius 1 is 0.944 bits per heavy atom. The summed E-state index contributed by atoms with van der Waals surface area (Å²) in [6, 6.07) is 14.9. The Kier molecular flexibility index (Phi) is 6.08. The molecular formula is C27H32FN5O2S. The topological polar surface area (TPSA) is 71.3 Å². The van der Waals surface area contributed by atoms with Gasteiger partial charge < -0.3 is 9.47 Å². The highest BCUT2D eigenvalue weighted by Crippen LogP contribution is 2.46. The number of rotatable bonds is 5. The third-order valence-corrected chi connectivity index (χ3v) is 10.9. The molecule has 36 heavy (non-hydrogen) atoms. The number of aromatic nitrogens is 3. The Balaban J connectivity index is 1.20. The van der Waals surface area contributed by atoms with Crippen molar-refractivity contribution in [1.29, 1.82) is 0 Å². The highest BCUT2D eigenvalue weighted by molar-refractivity contribution is 7.89. The van der Waals surface area contributed by atoms with Gasteiger partial charge in [0, 0.05) is 43.0 Å². The van der Waals surface area contributed by atoms with Crippen molar-refractivity contribution in [2.24, 2.45) is 11.8 Å². The zero-order chi connectivity index (χ0) is 24.9. The molecule has 3 fully saturated rings. The molecule has 6 rings (SSSR count). The van der Waals surface area contributed by atoms with Gasteiger partial charge in [-0.1, -0.05) is 36.4 Å². The second-order valence-corrected chi connectivity index (χ2v) is 12.7. The van der Waals surface area contributed by atoms with Crippen LogP contribution in [0.3, 0.4) is 0 Å². The van der Waals surface area contributed by atoms with Gasteiger partial charge in [-0.05, 0) is 62.1 Å². The third kappa shape index (κ3) is 4.12. The smallest absolute Gasteiger partial charge is 0.221 e. The van der Waals surface area contributed by atoms with Crippen molar-refractivity contribution in [2.45, 2.75) is 56.5 Å². The molecule has 2 aliphatic heterocycles. The van der Waals surface area contributed by atoms with Crippen molar-refractivity contribution in [2.75, 3.05) is 18.0 Å². The van der Waals surface area contributed by atoms with Crippen molar-refractivity contribution in [3.8, 4) is 0 Å². The van der Waals surface area contributed by atoms with Crippen LogP contribution >= 0.6 is 0 Å². The Morgan fingerprint density at radius 3 is 2.31 bits per heavy atom. The van der Waals surface area contributed by atoms with Crippen LogP contribution in [-0.2, 0) is 16.6 Å². The summed E-state index contributed by atoms with van der Waals surface area (Å²) < 4.78 is 46.1. The van der Waals surface area contributed by atoms with Crippen molar-refractivity contribution in [3.05, 3.63) is 78.1 Å². The molecule has 2 bridgehead atoms. The first-order chi connectivity index (χ1) is 17.4. The number of hydrogen-bond acceptors (Lipinski definition) is 5. The molecule has 0 amide bonds. The lowest BCUT2D eigenvalue weighted by Crippen LogP contribution is -2.45. The summed E-state index contributed by atoms with van der Waals surface area (Å²) in [6.45, 7) is 3.71. The normalized spacial score (nSPS) is 29.9. The average molecular weight is 510 g/mol. The van der Waals surface area contributed by atoms with Crippen LogP contribution in [0, 0.1) is 17.7 Å². The molecule has 3 aliphatic rings. The molecule has 0 radical (unpaired) electrons. The fraction of sp³-hybridized carbons (Fsp3) is 0.481. The molecule has 0 spiro atoms. The van der Waals surface area contributed by atoms with E-state index in [1.807, 2.05) is 43.3 Å². The lowest BCUT2D eigenvalue weighted by atomic mass is 9.91. The molecule has 3 aromatic rings. The number of anilines is 1. The van der Waals surface area contributed by atoms with Gasteiger partial charge in [0.05, 0.1) is 0 Å². The Labute approximate surface area is 212 Å². The standard InChI is InChI=1S/C27H32FN5O2S/c1-19-7-12-26(20-5-3-2-4-6-20)36(34,35)33(19)16-21-10-11-24(13-25(21)28)31-14-22-8-9-23(15-31)27(22)32-17-29-30-18-32/h2-6,10-11,13,17-19,22-23,26-27H,7-9,12,14-16H2,1H3/t19-,22-,23+,26-,27?/m0/s1. The molecule has 5 atom stereocenters. The molecule has 1 unspecified atom stereocenters. The van der Waals surface area contributed by atoms with Gasteiger partial charge in [-0.3, -0.25) is 0 Å². The van der Waals surface area contributed by atoms with Crippen LogP contribution in [-0.4, -0.2) is 46.6 Å². The van der Waals surface area contributed by atoms with Gasteiger partial charge in [-0.25, -0.2) is 12.8 Å². The minimum absolute atomic E-state index is 0.0555. The fourth-order valence-electron chi connectivity index (χ4n) is 6.64.